The standard InChI is InChI=1S/C14H19NO/c1-4-15(5-2)11(3)13-8-6-7-12-9-10-16-14(12)13/h6-11H,4-5H2,1-3H3. The molecule has 2 nitrogen and oxygen atoms in total. The van der Waals surface area contributed by atoms with Gasteiger partial charge >= 0.3 is 0 Å². The Labute approximate surface area is 96.9 Å². The number of para-hydroxylation sites is 1. The van der Waals surface area contributed by atoms with E-state index in [9.17, 15) is 0 Å². The maximum absolute atomic E-state index is 5.58. The maximum Gasteiger partial charge on any atom is 0.138 e. The molecule has 1 aromatic carbocycles. The van der Waals surface area contributed by atoms with E-state index in [4.69, 9.17) is 4.42 Å². The van der Waals surface area contributed by atoms with Crippen LogP contribution in [0.5, 0.6) is 0 Å². The van der Waals surface area contributed by atoms with Crippen molar-refractivity contribution in [3.05, 3.63) is 36.1 Å². The molecule has 0 aliphatic carbocycles. The van der Waals surface area contributed by atoms with Crippen LogP contribution in [0.1, 0.15) is 32.4 Å². The van der Waals surface area contributed by atoms with Crippen molar-refractivity contribution in [1.29, 1.82) is 0 Å². The van der Waals surface area contributed by atoms with Crippen LogP contribution in [0.3, 0.4) is 0 Å². The maximum atomic E-state index is 5.58. The SMILES string of the molecule is CCN(CC)C(C)c1cccc2ccoc12. The Morgan fingerprint density at radius 3 is 2.62 bits per heavy atom. The molecule has 1 atom stereocenters. The molecule has 0 radical (unpaired) electrons. The van der Waals surface area contributed by atoms with Gasteiger partial charge in [-0.05, 0) is 26.1 Å². The number of nitrogens with zero attached hydrogens (tertiary/aromatic N) is 1. The summed E-state index contributed by atoms with van der Waals surface area (Å²) in [6.07, 6.45) is 1.77. The second kappa shape index (κ2) is 4.71. The lowest BCUT2D eigenvalue weighted by Crippen LogP contribution is -2.26. The summed E-state index contributed by atoms with van der Waals surface area (Å²) in [5.74, 6) is 0. The van der Waals surface area contributed by atoms with Gasteiger partial charge in [0.2, 0.25) is 0 Å². The zero-order valence-electron chi connectivity index (χ0n) is 10.2. The number of benzene rings is 1. The van der Waals surface area contributed by atoms with Gasteiger partial charge in [0.05, 0.1) is 6.26 Å². The van der Waals surface area contributed by atoms with Crippen molar-refractivity contribution >= 4 is 11.0 Å². The van der Waals surface area contributed by atoms with Crippen LogP contribution < -0.4 is 0 Å². The first-order chi connectivity index (χ1) is 7.77. The lowest BCUT2D eigenvalue weighted by atomic mass is 10.0. The second-order valence-electron chi connectivity index (χ2n) is 4.08. The Bertz CT molecular complexity index is 456. The molecule has 2 aromatic rings. The lowest BCUT2D eigenvalue weighted by molar-refractivity contribution is 0.234. The number of furan rings is 1. The minimum Gasteiger partial charge on any atom is -0.464 e. The molecule has 0 bridgehead atoms. The fraction of sp³-hybridized carbons (Fsp3) is 0.429. The first-order valence-electron chi connectivity index (χ1n) is 5.98. The molecule has 0 aliphatic rings. The average molecular weight is 217 g/mol. The van der Waals surface area contributed by atoms with Crippen molar-refractivity contribution in [1.82, 2.24) is 4.90 Å². The summed E-state index contributed by atoms with van der Waals surface area (Å²) in [5.41, 5.74) is 2.31. The summed E-state index contributed by atoms with van der Waals surface area (Å²) < 4.78 is 5.58. The van der Waals surface area contributed by atoms with E-state index in [2.05, 4.69) is 43.9 Å². The van der Waals surface area contributed by atoms with Crippen LogP contribution >= 0.6 is 0 Å². The topological polar surface area (TPSA) is 16.4 Å². The van der Waals surface area contributed by atoms with Crippen molar-refractivity contribution in [3.63, 3.8) is 0 Å². The summed E-state index contributed by atoms with van der Waals surface area (Å²) in [4.78, 5) is 2.43. The molecule has 86 valence electrons. The third-order valence-electron chi connectivity index (χ3n) is 3.32. The van der Waals surface area contributed by atoms with Crippen molar-refractivity contribution in [2.45, 2.75) is 26.8 Å². The van der Waals surface area contributed by atoms with Crippen LogP contribution in [0.15, 0.2) is 34.9 Å². The molecule has 0 aliphatic heterocycles. The van der Waals surface area contributed by atoms with Gasteiger partial charge in [-0.25, -0.2) is 0 Å². The van der Waals surface area contributed by atoms with Crippen LogP contribution in [-0.2, 0) is 0 Å². The van der Waals surface area contributed by atoms with Gasteiger partial charge in [0.1, 0.15) is 5.58 Å². The van der Waals surface area contributed by atoms with Crippen molar-refractivity contribution in [3.8, 4) is 0 Å². The number of fused-ring (bicyclic) bond motifs is 1. The van der Waals surface area contributed by atoms with Gasteiger partial charge in [0.15, 0.2) is 0 Å². The Balaban J connectivity index is 2.42. The van der Waals surface area contributed by atoms with E-state index in [1.54, 1.807) is 6.26 Å². The quantitative estimate of drug-likeness (QED) is 0.773. The first-order valence-corrected chi connectivity index (χ1v) is 5.98. The van der Waals surface area contributed by atoms with Crippen molar-refractivity contribution in [2.75, 3.05) is 13.1 Å². The highest BCUT2D eigenvalue weighted by molar-refractivity contribution is 5.80. The lowest BCUT2D eigenvalue weighted by Gasteiger charge is -2.26. The summed E-state index contributed by atoms with van der Waals surface area (Å²) >= 11 is 0. The van der Waals surface area contributed by atoms with Gasteiger partial charge in [0.25, 0.3) is 0 Å². The van der Waals surface area contributed by atoms with Gasteiger partial charge in [-0.1, -0.05) is 32.0 Å². The van der Waals surface area contributed by atoms with E-state index in [0.717, 1.165) is 18.7 Å². The fourth-order valence-electron chi connectivity index (χ4n) is 2.31. The predicted molar refractivity (Wildman–Crippen MR) is 67.6 cm³/mol. The molecular weight excluding hydrogens is 198 g/mol. The molecule has 16 heavy (non-hydrogen) atoms. The molecule has 1 aromatic heterocycles. The molecule has 0 spiro atoms. The summed E-state index contributed by atoms with van der Waals surface area (Å²) in [7, 11) is 0. The van der Waals surface area contributed by atoms with E-state index < -0.39 is 0 Å². The van der Waals surface area contributed by atoms with E-state index >= 15 is 0 Å². The van der Waals surface area contributed by atoms with Crippen LogP contribution in [0, 0.1) is 0 Å². The van der Waals surface area contributed by atoms with E-state index in [-0.39, 0.29) is 0 Å². The minimum absolute atomic E-state index is 0.407. The zero-order valence-corrected chi connectivity index (χ0v) is 10.2. The third-order valence-corrected chi connectivity index (χ3v) is 3.32. The molecule has 0 amide bonds. The smallest absolute Gasteiger partial charge is 0.138 e. The Hall–Kier alpha value is -1.28. The summed E-state index contributed by atoms with van der Waals surface area (Å²) in [6.45, 7) is 8.76. The number of hydrogen-bond donors (Lipinski definition) is 0. The van der Waals surface area contributed by atoms with Crippen LogP contribution in [-0.4, -0.2) is 18.0 Å². The zero-order chi connectivity index (χ0) is 11.5. The highest BCUT2D eigenvalue weighted by Crippen LogP contribution is 2.28. The van der Waals surface area contributed by atoms with Crippen molar-refractivity contribution in [2.24, 2.45) is 0 Å². The van der Waals surface area contributed by atoms with E-state index in [1.165, 1.54) is 10.9 Å². The molecule has 2 rings (SSSR count). The van der Waals surface area contributed by atoms with Gasteiger partial charge in [-0.2, -0.15) is 0 Å². The largest absolute Gasteiger partial charge is 0.464 e. The molecule has 0 saturated carbocycles. The molecule has 1 heterocycles. The molecular formula is C14H19NO. The fourth-order valence-corrected chi connectivity index (χ4v) is 2.31. The van der Waals surface area contributed by atoms with Crippen molar-refractivity contribution < 1.29 is 4.42 Å². The highest BCUT2D eigenvalue weighted by atomic mass is 16.3. The second-order valence-corrected chi connectivity index (χ2v) is 4.08. The normalized spacial score (nSPS) is 13.5. The van der Waals surface area contributed by atoms with Crippen LogP contribution in [0.25, 0.3) is 11.0 Å². The summed E-state index contributed by atoms with van der Waals surface area (Å²) in [5, 5.41) is 1.19. The van der Waals surface area contributed by atoms with Crippen LogP contribution in [0.4, 0.5) is 0 Å². The van der Waals surface area contributed by atoms with Gasteiger partial charge < -0.3 is 4.42 Å². The Morgan fingerprint density at radius 2 is 1.94 bits per heavy atom. The minimum atomic E-state index is 0.407. The van der Waals surface area contributed by atoms with Gasteiger partial charge in [0, 0.05) is 17.0 Å². The molecule has 0 fully saturated rings. The summed E-state index contributed by atoms with van der Waals surface area (Å²) in [6, 6.07) is 8.79. The van der Waals surface area contributed by atoms with Gasteiger partial charge in [-0.15, -0.1) is 0 Å². The highest BCUT2D eigenvalue weighted by Gasteiger charge is 2.16. The molecule has 1 unspecified atom stereocenters. The Kier molecular flexibility index (Phi) is 3.30. The monoisotopic (exact) mass is 217 g/mol. The molecule has 0 N–H and O–H groups in total. The molecule has 2 heteroatoms. The van der Waals surface area contributed by atoms with E-state index in [0.29, 0.717) is 6.04 Å². The van der Waals surface area contributed by atoms with Gasteiger partial charge in [-0.3, -0.25) is 4.90 Å². The average Bonchev–Trinajstić information content (AvgIpc) is 2.78. The predicted octanol–water partition coefficient (Wildman–Crippen LogP) is 3.84. The molecule has 0 saturated heterocycles. The Morgan fingerprint density at radius 1 is 1.19 bits per heavy atom. The number of hydrogen-bond acceptors (Lipinski definition) is 2. The first kappa shape index (κ1) is 11.2. The van der Waals surface area contributed by atoms with E-state index in [1.807, 2.05) is 6.07 Å². The third kappa shape index (κ3) is 1.85. The van der Waals surface area contributed by atoms with Crippen LogP contribution in [0.2, 0.25) is 0 Å². The number of rotatable bonds is 4.